The molecule has 0 aliphatic rings. The van der Waals surface area contributed by atoms with E-state index in [1.165, 1.54) is 6.92 Å². The number of Topliss-reactive ketones (excluding diaryl/α,β-unsaturated/α-hetero) is 1. The van der Waals surface area contributed by atoms with E-state index in [1.54, 1.807) is 12.4 Å². The molecule has 0 rings (SSSR count). The molecule has 0 radical (unpaired) electrons. The molecule has 5 heteroatoms. The summed E-state index contributed by atoms with van der Waals surface area (Å²) >= 11 is 0. The van der Waals surface area contributed by atoms with Gasteiger partial charge in [0.2, 0.25) is 6.41 Å². The fourth-order valence-corrected chi connectivity index (χ4v) is 0.773. The molecule has 1 N–H and O–H groups in total. The number of carbonyl (C=O) groups is 3. The molecule has 1 amide bonds. The van der Waals surface area contributed by atoms with Gasteiger partial charge in [0.05, 0.1) is 0 Å². The number of carbonyl (C=O) groups excluding carboxylic acids is 3. The van der Waals surface area contributed by atoms with Crippen molar-refractivity contribution in [2.45, 2.75) is 20.3 Å². The van der Waals surface area contributed by atoms with E-state index in [0.717, 1.165) is 0 Å². The maximum atomic E-state index is 10.9. The monoisotopic (exact) mass is 173 g/mol. The summed E-state index contributed by atoms with van der Waals surface area (Å²) in [6.07, 6.45) is 0.597. The van der Waals surface area contributed by atoms with Crippen molar-refractivity contribution in [2.24, 2.45) is 5.92 Å². The number of hydrogen-bond donors (Lipinski definition) is 1. The molecule has 5 nitrogen and oxygen atoms in total. The van der Waals surface area contributed by atoms with Gasteiger partial charge >= 0.3 is 5.97 Å². The van der Waals surface area contributed by atoms with E-state index in [-0.39, 0.29) is 12.2 Å². The number of ketones is 1. The maximum Gasteiger partial charge on any atom is 0.342 e. The molecule has 68 valence electrons. The van der Waals surface area contributed by atoms with Crippen LogP contribution in [-0.2, 0) is 19.2 Å². The Morgan fingerprint density at radius 1 is 1.58 bits per heavy atom. The third-order valence-electron chi connectivity index (χ3n) is 1.39. The van der Waals surface area contributed by atoms with E-state index in [4.69, 9.17) is 0 Å². The second-order valence-corrected chi connectivity index (χ2v) is 2.23. The Kier molecular flexibility index (Phi) is 4.67. The van der Waals surface area contributed by atoms with E-state index in [9.17, 15) is 14.4 Å². The first-order chi connectivity index (χ1) is 5.63. The van der Waals surface area contributed by atoms with Crippen LogP contribution >= 0.6 is 0 Å². The second kappa shape index (κ2) is 5.29. The van der Waals surface area contributed by atoms with Gasteiger partial charge in [0.1, 0.15) is 11.7 Å². The third kappa shape index (κ3) is 3.14. The van der Waals surface area contributed by atoms with Crippen molar-refractivity contribution in [1.82, 2.24) is 5.48 Å². The largest absolute Gasteiger partial charge is 0.342 e. The van der Waals surface area contributed by atoms with Gasteiger partial charge < -0.3 is 4.84 Å². The number of hydrogen-bond acceptors (Lipinski definition) is 4. The zero-order valence-electron chi connectivity index (χ0n) is 6.99. The lowest BCUT2D eigenvalue weighted by Crippen LogP contribution is -2.28. The molecule has 0 aromatic heterocycles. The highest BCUT2D eigenvalue weighted by atomic mass is 16.7. The van der Waals surface area contributed by atoms with Gasteiger partial charge in [-0.15, -0.1) is 0 Å². The molecule has 0 spiro atoms. The van der Waals surface area contributed by atoms with E-state index in [2.05, 4.69) is 4.84 Å². The first-order valence-corrected chi connectivity index (χ1v) is 3.53. The number of rotatable bonds is 5. The summed E-state index contributed by atoms with van der Waals surface area (Å²) in [6, 6.07) is 0. The van der Waals surface area contributed by atoms with Gasteiger partial charge in [-0.2, -0.15) is 5.48 Å². The van der Waals surface area contributed by atoms with Gasteiger partial charge in [0.15, 0.2) is 0 Å². The van der Waals surface area contributed by atoms with Crippen molar-refractivity contribution in [3.8, 4) is 0 Å². The molecule has 0 bridgehead atoms. The summed E-state index contributed by atoms with van der Waals surface area (Å²) in [5, 5.41) is 0. The highest BCUT2D eigenvalue weighted by molar-refractivity contribution is 5.97. The molecule has 0 fully saturated rings. The van der Waals surface area contributed by atoms with Gasteiger partial charge in [0, 0.05) is 0 Å². The second-order valence-electron chi connectivity index (χ2n) is 2.23. The Morgan fingerprint density at radius 2 is 2.17 bits per heavy atom. The molecule has 1 unspecified atom stereocenters. The normalized spacial score (nSPS) is 11.5. The quantitative estimate of drug-likeness (QED) is 0.355. The SMILES string of the molecule is CCC(C(C)=O)C(=O)ONC=O. The molecule has 0 saturated carbocycles. The first-order valence-electron chi connectivity index (χ1n) is 3.53. The molecule has 0 aromatic rings. The van der Waals surface area contributed by atoms with Crippen LogP contribution in [0, 0.1) is 5.92 Å². The summed E-state index contributed by atoms with van der Waals surface area (Å²) in [5.74, 6) is -1.77. The summed E-state index contributed by atoms with van der Waals surface area (Å²) in [7, 11) is 0. The topological polar surface area (TPSA) is 72.5 Å². The van der Waals surface area contributed by atoms with E-state index >= 15 is 0 Å². The fourth-order valence-electron chi connectivity index (χ4n) is 0.773. The molecule has 0 aliphatic carbocycles. The average Bonchev–Trinajstić information content (AvgIpc) is 2.01. The Labute approximate surface area is 70.0 Å². The van der Waals surface area contributed by atoms with Gasteiger partial charge in [-0.3, -0.25) is 9.59 Å². The van der Waals surface area contributed by atoms with E-state index in [1.807, 2.05) is 0 Å². The third-order valence-corrected chi connectivity index (χ3v) is 1.39. The molecule has 12 heavy (non-hydrogen) atoms. The van der Waals surface area contributed by atoms with Crippen LogP contribution in [0.4, 0.5) is 0 Å². The zero-order valence-corrected chi connectivity index (χ0v) is 6.99. The lowest BCUT2D eigenvalue weighted by Gasteiger charge is -2.07. The van der Waals surface area contributed by atoms with Gasteiger partial charge in [-0.05, 0) is 13.3 Å². The molecule has 0 saturated heterocycles. The van der Waals surface area contributed by atoms with Crippen LogP contribution < -0.4 is 5.48 Å². The van der Waals surface area contributed by atoms with Crippen molar-refractivity contribution >= 4 is 18.2 Å². The van der Waals surface area contributed by atoms with Crippen LogP contribution in [0.1, 0.15) is 20.3 Å². The minimum absolute atomic E-state index is 0.227. The van der Waals surface area contributed by atoms with Crippen LogP contribution in [0.5, 0.6) is 0 Å². The fraction of sp³-hybridized carbons (Fsp3) is 0.571. The van der Waals surface area contributed by atoms with Crippen LogP contribution in [0.25, 0.3) is 0 Å². The molecule has 0 aliphatic heterocycles. The minimum atomic E-state index is -0.780. The zero-order chi connectivity index (χ0) is 9.56. The van der Waals surface area contributed by atoms with E-state index < -0.39 is 11.9 Å². The molecule has 0 heterocycles. The predicted octanol–water partition coefficient (Wildman–Crippen LogP) is -0.194. The smallest absolute Gasteiger partial charge is 0.340 e. The highest BCUT2D eigenvalue weighted by Gasteiger charge is 2.22. The lowest BCUT2D eigenvalue weighted by molar-refractivity contribution is -0.160. The van der Waals surface area contributed by atoms with Gasteiger partial charge in [-0.25, -0.2) is 4.79 Å². The maximum absolute atomic E-state index is 10.9. The van der Waals surface area contributed by atoms with Crippen molar-refractivity contribution in [1.29, 1.82) is 0 Å². The van der Waals surface area contributed by atoms with E-state index in [0.29, 0.717) is 6.42 Å². The predicted molar refractivity (Wildman–Crippen MR) is 39.8 cm³/mol. The van der Waals surface area contributed by atoms with Crippen molar-refractivity contribution in [3.05, 3.63) is 0 Å². The van der Waals surface area contributed by atoms with Gasteiger partial charge in [-0.1, -0.05) is 6.92 Å². The van der Waals surface area contributed by atoms with Gasteiger partial charge in [0.25, 0.3) is 0 Å². The minimum Gasteiger partial charge on any atom is -0.340 e. The molecule has 1 atom stereocenters. The van der Waals surface area contributed by atoms with Crippen LogP contribution in [-0.4, -0.2) is 18.2 Å². The average molecular weight is 173 g/mol. The Bertz CT molecular complexity index is 190. The van der Waals surface area contributed by atoms with Crippen LogP contribution in [0.2, 0.25) is 0 Å². The number of amides is 1. The Morgan fingerprint density at radius 3 is 2.50 bits per heavy atom. The van der Waals surface area contributed by atoms with Crippen LogP contribution in [0.15, 0.2) is 0 Å². The van der Waals surface area contributed by atoms with Crippen molar-refractivity contribution in [2.75, 3.05) is 0 Å². The van der Waals surface area contributed by atoms with Crippen molar-refractivity contribution < 1.29 is 19.2 Å². The first kappa shape index (κ1) is 10.6. The standard InChI is InChI=1S/C7H11NO4/c1-3-6(5(2)10)7(11)12-8-4-9/h4,6H,3H2,1-2H3,(H,8,9). The van der Waals surface area contributed by atoms with Crippen molar-refractivity contribution in [3.63, 3.8) is 0 Å². The number of nitrogens with one attached hydrogen (secondary N) is 1. The highest BCUT2D eigenvalue weighted by Crippen LogP contribution is 2.05. The summed E-state index contributed by atoms with van der Waals surface area (Å²) in [6.45, 7) is 2.99. The summed E-state index contributed by atoms with van der Waals surface area (Å²) < 4.78 is 0. The van der Waals surface area contributed by atoms with Crippen LogP contribution in [0.3, 0.4) is 0 Å². The molecular weight excluding hydrogens is 162 g/mol. The summed E-state index contributed by atoms with van der Waals surface area (Å²) in [5.41, 5.74) is 1.74. The molecular formula is C7H11NO4. The lowest BCUT2D eigenvalue weighted by atomic mass is 10.0. The summed E-state index contributed by atoms with van der Waals surface area (Å²) in [4.78, 5) is 35.6. The Hall–Kier alpha value is -1.39. The Balaban J connectivity index is 4.03. The molecule has 0 aromatic carbocycles. The number of hydroxylamine groups is 1.